The van der Waals surface area contributed by atoms with E-state index in [9.17, 15) is 18.0 Å². The molecule has 2 rings (SSSR count). The summed E-state index contributed by atoms with van der Waals surface area (Å²) < 4.78 is 37.9. The van der Waals surface area contributed by atoms with Crippen molar-refractivity contribution in [3.63, 3.8) is 0 Å². The van der Waals surface area contributed by atoms with Gasteiger partial charge in [-0.05, 0) is 39.3 Å². The topological polar surface area (TPSA) is 33.2 Å². The Hall–Kier alpha value is -0.950. The van der Waals surface area contributed by atoms with Crippen molar-refractivity contribution in [1.82, 2.24) is 9.88 Å². The number of halogens is 3. The molecular formula is C14H19F3N2OS. The van der Waals surface area contributed by atoms with Crippen molar-refractivity contribution in [2.45, 2.75) is 51.2 Å². The van der Waals surface area contributed by atoms with Crippen LogP contribution in [0.25, 0.3) is 0 Å². The van der Waals surface area contributed by atoms with Gasteiger partial charge in [-0.2, -0.15) is 13.2 Å². The molecule has 0 radical (unpaired) electrons. The lowest BCUT2D eigenvalue weighted by molar-refractivity contribution is -0.137. The molecule has 7 heteroatoms. The number of carbonyl (C=O) groups excluding carboxylic acids is 1. The third-order valence-electron chi connectivity index (χ3n) is 4.20. The second-order valence-electron chi connectivity index (χ2n) is 5.53. The Balaban J connectivity index is 2.25. The number of ketones is 1. The molecule has 1 saturated heterocycles. The van der Waals surface area contributed by atoms with Gasteiger partial charge in [0, 0.05) is 6.20 Å². The maximum Gasteiger partial charge on any atom is 0.443 e. The fraction of sp³-hybridized carbons (Fsp3) is 0.714. The summed E-state index contributed by atoms with van der Waals surface area (Å²) >= 11 is 0.442. The first-order valence-electron chi connectivity index (χ1n) is 7.12. The molecule has 21 heavy (non-hydrogen) atoms. The van der Waals surface area contributed by atoms with E-state index in [1.165, 1.54) is 0 Å². The van der Waals surface area contributed by atoms with E-state index in [1.54, 1.807) is 0 Å². The zero-order valence-electron chi connectivity index (χ0n) is 12.2. The summed E-state index contributed by atoms with van der Waals surface area (Å²) in [5.41, 5.74) is -0.740. The van der Waals surface area contributed by atoms with Crippen LogP contribution in [0.3, 0.4) is 0 Å². The van der Waals surface area contributed by atoms with Crippen LogP contribution in [0.15, 0.2) is 6.20 Å². The molecule has 118 valence electrons. The van der Waals surface area contributed by atoms with Crippen LogP contribution in [0.5, 0.6) is 0 Å². The monoisotopic (exact) mass is 320 g/mol. The van der Waals surface area contributed by atoms with Gasteiger partial charge in [-0.3, -0.25) is 9.69 Å². The van der Waals surface area contributed by atoms with Crippen molar-refractivity contribution in [3.05, 3.63) is 16.1 Å². The quantitative estimate of drug-likeness (QED) is 0.786. The highest BCUT2D eigenvalue weighted by molar-refractivity contribution is 7.13. The number of hydrogen-bond donors (Lipinski definition) is 0. The van der Waals surface area contributed by atoms with Gasteiger partial charge in [0.15, 0.2) is 10.8 Å². The average Bonchev–Trinajstić information content (AvgIpc) is 2.96. The average molecular weight is 320 g/mol. The Kier molecular flexibility index (Phi) is 4.72. The molecule has 1 aliphatic rings. The van der Waals surface area contributed by atoms with Gasteiger partial charge in [-0.25, -0.2) is 4.98 Å². The molecule has 0 spiro atoms. The number of aromatic nitrogens is 1. The lowest BCUT2D eigenvalue weighted by atomic mass is 9.88. The minimum atomic E-state index is -4.49. The number of rotatable bonds is 4. The van der Waals surface area contributed by atoms with E-state index < -0.39 is 16.7 Å². The van der Waals surface area contributed by atoms with Crippen LogP contribution in [-0.2, 0) is 6.18 Å². The van der Waals surface area contributed by atoms with Gasteiger partial charge in [0.1, 0.15) is 0 Å². The van der Waals surface area contributed by atoms with Crippen LogP contribution in [0.4, 0.5) is 13.2 Å². The van der Waals surface area contributed by atoms with Crippen molar-refractivity contribution in [1.29, 1.82) is 0 Å². The van der Waals surface area contributed by atoms with E-state index in [-0.39, 0.29) is 10.7 Å². The SMILES string of the molecule is CCC(C)(C(=O)c1cnc(C(F)(F)F)s1)N1CCCCC1. The Labute approximate surface area is 126 Å². The van der Waals surface area contributed by atoms with E-state index in [2.05, 4.69) is 9.88 Å². The van der Waals surface area contributed by atoms with Crippen molar-refractivity contribution in [3.8, 4) is 0 Å². The molecule has 1 aromatic heterocycles. The molecule has 0 aliphatic carbocycles. The van der Waals surface area contributed by atoms with Gasteiger partial charge in [0.2, 0.25) is 0 Å². The molecule has 1 atom stereocenters. The first-order valence-corrected chi connectivity index (χ1v) is 7.93. The highest BCUT2D eigenvalue weighted by Crippen LogP contribution is 2.35. The van der Waals surface area contributed by atoms with Crippen LogP contribution in [0.1, 0.15) is 54.2 Å². The lowest BCUT2D eigenvalue weighted by Gasteiger charge is -2.41. The maximum atomic E-state index is 12.7. The Morgan fingerprint density at radius 3 is 2.43 bits per heavy atom. The van der Waals surface area contributed by atoms with Crippen molar-refractivity contribution in [2.24, 2.45) is 0 Å². The van der Waals surface area contributed by atoms with Crippen molar-refractivity contribution >= 4 is 17.1 Å². The van der Waals surface area contributed by atoms with E-state index in [0.29, 0.717) is 17.8 Å². The summed E-state index contributed by atoms with van der Waals surface area (Å²) in [4.78, 5) is 18.3. The molecule has 0 saturated carbocycles. The van der Waals surface area contributed by atoms with Crippen molar-refractivity contribution in [2.75, 3.05) is 13.1 Å². The van der Waals surface area contributed by atoms with Crippen LogP contribution in [-0.4, -0.2) is 34.3 Å². The molecule has 1 aliphatic heterocycles. The summed E-state index contributed by atoms with van der Waals surface area (Å²) in [5.74, 6) is -0.250. The zero-order valence-corrected chi connectivity index (χ0v) is 13.0. The van der Waals surface area contributed by atoms with Gasteiger partial charge in [-0.1, -0.05) is 13.3 Å². The van der Waals surface area contributed by atoms with E-state index in [1.807, 2.05) is 13.8 Å². The Morgan fingerprint density at radius 1 is 1.33 bits per heavy atom. The third-order valence-corrected chi connectivity index (χ3v) is 5.24. The maximum absolute atomic E-state index is 12.7. The normalized spacial score (nSPS) is 20.2. The number of hydrogen-bond acceptors (Lipinski definition) is 4. The first kappa shape index (κ1) is 16.4. The van der Waals surface area contributed by atoms with Crippen LogP contribution in [0, 0.1) is 0 Å². The fourth-order valence-corrected chi connectivity index (χ4v) is 3.54. The number of nitrogens with zero attached hydrogens (tertiary/aromatic N) is 2. The molecule has 1 fully saturated rings. The molecule has 0 amide bonds. The third kappa shape index (κ3) is 3.29. The van der Waals surface area contributed by atoms with Crippen LogP contribution < -0.4 is 0 Å². The molecule has 1 aromatic rings. The second-order valence-corrected chi connectivity index (χ2v) is 6.56. The van der Waals surface area contributed by atoms with Gasteiger partial charge in [0.05, 0.1) is 10.4 Å². The zero-order chi connectivity index (χ0) is 15.7. The summed E-state index contributed by atoms with van der Waals surface area (Å²) in [5, 5.41) is -0.956. The van der Waals surface area contributed by atoms with E-state index in [0.717, 1.165) is 38.5 Å². The number of alkyl halides is 3. The minimum absolute atomic E-state index is 0.0947. The van der Waals surface area contributed by atoms with E-state index in [4.69, 9.17) is 0 Å². The molecule has 0 N–H and O–H groups in total. The summed E-state index contributed by atoms with van der Waals surface area (Å²) in [6.07, 6.45) is 0.345. The predicted molar refractivity (Wildman–Crippen MR) is 75.6 cm³/mol. The number of piperidine rings is 1. The number of thiazole rings is 1. The second kappa shape index (κ2) is 6.04. The molecule has 2 heterocycles. The van der Waals surface area contributed by atoms with Gasteiger partial charge >= 0.3 is 6.18 Å². The van der Waals surface area contributed by atoms with Gasteiger partial charge in [-0.15, -0.1) is 11.3 Å². The fourth-order valence-electron chi connectivity index (χ4n) is 2.69. The Morgan fingerprint density at radius 2 is 1.95 bits per heavy atom. The molecule has 0 aromatic carbocycles. The Bertz CT molecular complexity index is 509. The van der Waals surface area contributed by atoms with Gasteiger partial charge < -0.3 is 0 Å². The largest absolute Gasteiger partial charge is 0.443 e. The lowest BCUT2D eigenvalue weighted by Crippen LogP contribution is -2.53. The molecule has 3 nitrogen and oxygen atoms in total. The first-order chi connectivity index (χ1) is 9.79. The molecule has 0 bridgehead atoms. The van der Waals surface area contributed by atoms with Crippen LogP contribution >= 0.6 is 11.3 Å². The molecule has 1 unspecified atom stereocenters. The molecular weight excluding hydrogens is 301 g/mol. The predicted octanol–water partition coefficient (Wildman–Crippen LogP) is 4.00. The number of carbonyl (C=O) groups is 1. The van der Waals surface area contributed by atoms with E-state index >= 15 is 0 Å². The minimum Gasteiger partial charge on any atom is -0.291 e. The van der Waals surface area contributed by atoms with Crippen molar-refractivity contribution < 1.29 is 18.0 Å². The number of Topliss-reactive ketones (excluding diaryl/α,β-unsaturated/α-hetero) is 1. The van der Waals surface area contributed by atoms with Gasteiger partial charge in [0.25, 0.3) is 0 Å². The summed E-state index contributed by atoms with van der Waals surface area (Å²) in [6, 6.07) is 0. The number of likely N-dealkylation sites (tertiary alicyclic amines) is 1. The summed E-state index contributed by atoms with van der Waals surface area (Å²) in [7, 11) is 0. The smallest absolute Gasteiger partial charge is 0.291 e. The standard InChI is InChI=1S/C14H19F3N2OS/c1-3-13(2,19-7-5-4-6-8-19)11(20)10-9-18-12(21-10)14(15,16)17/h9H,3-8H2,1-2H3. The van der Waals surface area contributed by atoms with Crippen LogP contribution in [0.2, 0.25) is 0 Å². The highest BCUT2D eigenvalue weighted by Gasteiger charge is 2.41. The summed E-state index contributed by atoms with van der Waals surface area (Å²) in [6.45, 7) is 5.37. The highest BCUT2D eigenvalue weighted by atomic mass is 32.1.